The first-order valence-electron chi connectivity index (χ1n) is 5.47. The zero-order valence-electron chi connectivity index (χ0n) is 11.0. The van der Waals surface area contributed by atoms with Crippen molar-refractivity contribution < 1.29 is 14.0 Å². The lowest BCUT2D eigenvalue weighted by Gasteiger charge is -2.32. The van der Waals surface area contributed by atoms with E-state index in [-0.39, 0.29) is 12.2 Å². The van der Waals surface area contributed by atoms with Crippen LogP contribution in [0.3, 0.4) is 0 Å². The Morgan fingerprint density at radius 1 is 1.67 bits per heavy atom. The van der Waals surface area contributed by atoms with Crippen LogP contribution in [0.1, 0.15) is 6.92 Å². The standard InChI is InChI=1S/C9H19BO3P2S3/c1-9(5-18-15(4,16)17)7(13-14-3)6(11-2)8(10)12-9/h6-8,14H,5H2,1-4H3,(H,16,17)/t6?,7-,8-,9-/m1/s1. The van der Waals surface area contributed by atoms with Gasteiger partial charge in [0.1, 0.15) is 25.7 Å². The zero-order valence-corrected chi connectivity index (χ0v) is 15.4. The molecule has 104 valence electrons. The third-order valence-electron chi connectivity index (χ3n) is 2.74. The third kappa shape index (κ3) is 4.63. The summed E-state index contributed by atoms with van der Waals surface area (Å²) in [6.45, 7) is 5.97. The quantitative estimate of drug-likeness (QED) is 0.454. The van der Waals surface area contributed by atoms with Gasteiger partial charge in [-0.05, 0) is 20.3 Å². The van der Waals surface area contributed by atoms with Gasteiger partial charge in [-0.1, -0.05) is 11.8 Å². The molecule has 6 atom stereocenters. The Morgan fingerprint density at radius 2 is 2.28 bits per heavy atom. The molecule has 0 aliphatic carbocycles. The molecule has 0 bridgehead atoms. The van der Waals surface area contributed by atoms with Gasteiger partial charge in [0, 0.05) is 27.7 Å². The van der Waals surface area contributed by atoms with Crippen LogP contribution >= 0.6 is 36.9 Å². The predicted molar refractivity (Wildman–Crippen MR) is 90.6 cm³/mol. The van der Waals surface area contributed by atoms with Gasteiger partial charge in [-0.15, -0.1) is 23.6 Å². The van der Waals surface area contributed by atoms with E-state index in [1.54, 1.807) is 18.5 Å². The van der Waals surface area contributed by atoms with E-state index in [2.05, 4.69) is 12.2 Å². The average Bonchev–Trinajstić information content (AvgIpc) is 2.48. The second-order valence-corrected chi connectivity index (χ2v) is 17.1. The molecule has 0 saturated carbocycles. The maximum Gasteiger partial charge on any atom is 0.119 e. The van der Waals surface area contributed by atoms with Crippen LogP contribution in [0.15, 0.2) is 0 Å². The van der Waals surface area contributed by atoms with Gasteiger partial charge >= 0.3 is 0 Å². The molecular formula is C9H19BO3P2S3. The van der Waals surface area contributed by atoms with E-state index in [1.165, 1.54) is 0 Å². The largest absolute Gasteiger partial charge is 0.377 e. The molecule has 2 radical (unpaired) electrons. The number of hydrogen-bond acceptors (Lipinski definition) is 5. The minimum Gasteiger partial charge on any atom is -0.377 e. The second kappa shape index (κ2) is 7.13. The molecule has 1 fully saturated rings. The number of hydrogen-bond donors (Lipinski definition) is 1. The molecule has 1 rings (SSSR count). The van der Waals surface area contributed by atoms with Crippen LogP contribution in [0.4, 0.5) is 0 Å². The van der Waals surface area contributed by atoms with Crippen LogP contribution in [0.2, 0.25) is 0 Å². The molecule has 0 N–H and O–H groups in total. The number of rotatable bonds is 6. The van der Waals surface area contributed by atoms with Crippen molar-refractivity contribution in [2.75, 3.05) is 26.2 Å². The van der Waals surface area contributed by atoms with E-state index in [9.17, 15) is 0 Å². The van der Waals surface area contributed by atoms with Crippen molar-refractivity contribution in [2.24, 2.45) is 0 Å². The molecule has 1 aliphatic heterocycles. The Labute approximate surface area is 127 Å². The molecule has 3 nitrogen and oxygen atoms in total. The molecule has 0 aromatic carbocycles. The van der Waals surface area contributed by atoms with Crippen LogP contribution in [-0.2, 0) is 25.8 Å². The summed E-state index contributed by atoms with van der Waals surface area (Å²) in [6, 6.07) is -0.462. The van der Waals surface area contributed by atoms with Crippen molar-refractivity contribution >= 4 is 56.5 Å². The maximum absolute atomic E-state index is 5.96. The Morgan fingerprint density at radius 3 is 2.72 bits per heavy atom. The normalized spacial score (nSPS) is 40.4. The van der Waals surface area contributed by atoms with E-state index in [1.807, 2.05) is 20.3 Å². The highest BCUT2D eigenvalue weighted by molar-refractivity contribution is 8.96. The molecular weight excluding hydrogens is 325 g/mol. The van der Waals surface area contributed by atoms with E-state index < -0.39 is 16.0 Å². The predicted octanol–water partition coefficient (Wildman–Crippen LogP) is 2.50. The molecule has 0 aromatic heterocycles. The number of thiol groups is 1. The van der Waals surface area contributed by atoms with E-state index in [0.29, 0.717) is 14.6 Å². The van der Waals surface area contributed by atoms with E-state index in [4.69, 9.17) is 33.7 Å². The maximum atomic E-state index is 5.96. The molecule has 0 aromatic rings. The molecule has 18 heavy (non-hydrogen) atoms. The molecule has 9 heteroatoms. The van der Waals surface area contributed by atoms with Crippen molar-refractivity contribution in [2.45, 2.75) is 30.7 Å². The highest BCUT2D eigenvalue weighted by Gasteiger charge is 2.51. The zero-order chi connectivity index (χ0) is 14.0. The first-order chi connectivity index (χ1) is 8.23. The Balaban J connectivity index is 2.80. The minimum absolute atomic E-state index is 0.164. The molecule has 1 heterocycles. The summed E-state index contributed by atoms with van der Waals surface area (Å²) < 4.78 is 15.4. The van der Waals surface area contributed by atoms with E-state index >= 15 is 0 Å². The van der Waals surface area contributed by atoms with Crippen LogP contribution < -0.4 is 0 Å². The van der Waals surface area contributed by atoms with Gasteiger partial charge in [-0.25, -0.2) is 0 Å². The fraction of sp³-hybridized carbons (Fsp3) is 1.00. The topological polar surface area (TPSA) is 27.7 Å². The Kier molecular flexibility index (Phi) is 7.04. The van der Waals surface area contributed by atoms with E-state index in [0.717, 1.165) is 0 Å². The van der Waals surface area contributed by atoms with Gasteiger partial charge in [-0.2, -0.15) is 0 Å². The van der Waals surface area contributed by atoms with Crippen molar-refractivity contribution in [3.63, 3.8) is 0 Å². The van der Waals surface area contributed by atoms with Crippen molar-refractivity contribution in [3.8, 4) is 0 Å². The summed E-state index contributed by atoms with van der Waals surface area (Å²) in [5.41, 5.74) is -0.476. The summed E-state index contributed by atoms with van der Waals surface area (Å²) in [6.07, 6.45) is -0.402. The SMILES string of the molecule is [B][C@@H]1O[C@](C)(CSP(C)(=S)S)[C@H](OPC)C1OC. The van der Waals surface area contributed by atoms with Crippen LogP contribution in [0, 0.1) is 0 Å². The van der Waals surface area contributed by atoms with Gasteiger partial charge in [0.25, 0.3) is 0 Å². The lowest BCUT2D eigenvalue weighted by atomic mass is 9.90. The Bertz CT molecular complexity index is 330. The molecule has 1 aliphatic rings. The van der Waals surface area contributed by atoms with Crippen molar-refractivity contribution in [1.82, 2.24) is 0 Å². The Hall–Kier alpha value is 1.72. The van der Waals surface area contributed by atoms with Crippen molar-refractivity contribution in [1.29, 1.82) is 0 Å². The molecule has 3 unspecified atom stereocenters. The van der Waals surface area contributed by atoms with Gasteiger partial charge in [0.2, 0.25) is 0 Å². The van der Waals surface area contributed by atoms with Gasteiger partial charge in [0.15, 0.2) is 0 Å². The van der Waals surface area contributed by atoms with Crippen LogP contribution in [0.5, 0.6) is 0 Å². The summed E-state index contributed by atoms with van der Waals surface area (Å²) in [5, 5.41) is 0. The summed E-state index contributed by atoms with van der Waals surface area (Å²) in [7, 11) is 7.95. The molecule has 0 amide bonds. The van der Waals surface area contributed by atoms with Crippen LogP contribution in [-0.4, -0.2) is 57.9 Å². The first kappa shape index (κ1) is 17.8. The smallest absolute Gasteiger partial charge is 0.119 e. The fourth-order valence-electron chi connectivity index (χ4n) is 1.91. The second-order valence-electron chi connectivity index (χ2n) is 4.41. The lowest BCUT2D eigenvalue weighted by molar-refractivity contribution is -0.0228. The number of ether oxygens (including phenoxy) is 2. The number of methoxy groups -OCH3 is 1. The summed E-state index contributed by atoms with van der Waals surface area (Å²) in [4.78, 5) is 0. The summed E-state index contributed by atoms with van der Waals surface area (Å²) >= 11 is 11.4. The fourth-order valence-corrected chi connectivity index (χ4v) is 5.75. The van der Waals surface area contributed by atoms with Crippen molar-refractivity contribution in [3.05, 3.63) is 0 Å². The average molecular weight is 344 g/mol. The molecule has 0 spiro atoms. The summed E-state index contributed by atoms with van der Waals surface area (Å²) in [5.74, 6) is 0.715. The molecule has 1 saturated heterocycles. The third-order valence-corrected chi connectivity index (χ3v) is 8.22. The minimum atomic E-state index is -1.62. The van der Waals surface area contributed by atoms with Crippen LogP contribution in [0.25, 0.3) is 0 Å². The highest BCUT2D eigenvalue weighted by Crippen LogP contribution is 2.61. The van der Waals surface area contributed by atoms with Gasteiger partial charge in [0.05, 0.1) is 4.44 Å². The highest BCUT2D eigenvalue weighted by atomic mass is 33.2. The monoisotopic (exact) mass is 344 g/mol. The van der Waals surface area contributed by atoms with Gasteiger partial charge < -0.3 is 14.0 Å². The first-order valence-corrected chi connectivity index (χ1v) is 12.9. The van der Waals surface area contributed by atoms with Gasteiger partial charge in [-0.3, -0.25) is 0 Å². The lowest BCUT2D eigenvalue weighted by Crippen LogP contribution is -2.44.